The molecule has 0 atom stereocenters. The molecule has 0 unspecified atom stereocenters. The Hall–Kier alpha value is -4.16. The van der Waals surface area contributed by atoms with Crippen LogP contribution in [0.25, 0.3) is 11.1 Å². The first-order valence-corrected chi connectivity index (χ1v) is 9.67. The predicted octanol–water partition coefficient (Wildman–Crippen LogP) is 5.96. The molecule has 0 fully saturated rings. The first-order chi connectivity index (χ1) is 14.7. The quantitative estimate of drug-likeness (QED) is 0.312. The monoisotopic (exact) mass is 389 g/mol. The van der Waals surface area contributed by atoms with Gasteiger partial charge in [-0.2, -0.15) is 5.26 Å². The molecule has 3 nitrogen and oxygen atoms in total. The van der Waals surface area contributed by atoms with Gasteiger partial charge in [-0.25, -0.2) is 0 Å². The molecule has 0 aliphatic heterocycles. The van der Waals surface area contributed by atoms with E-state index in [1.54, 1.807) is 24.3 Å². The molecule has 0 N–H and O–H groups in total. The minimum atomic E-state index is -0.495. The summed E-state index contributed by atoms with van der Waals surface area (Å²) >= 11 is 0. The van der Waals surface area contributed by atoms with Crippen LogP contribution in [0.5, 0.6) is 5.75 Å². The van der Waals surface area contributed by atoms with E-state index >= 15 is 0 Å². The molecule has 0 heterocycles. The molecule has 4 rings (SSSR count). The van der Waals surface area contributed by atoms with Gasteiger partial charge < -0.3 is 4.74 Å². The first-order valence-electron chi connectivity index (χ1n) is 9.67. The maximum absolute atomic E-state index is 13.1. The van der Waals surface area contributed by atoms with Gasteiger partial charge in [0.2, 0.25) is 0 Å². The number of hydrogen-bond acceptors (Lipinski definition) is 3. The Morgan fingerprint density at radius 3 is 1.60 bits per heavy atom. The Kier molecular flexibility index (Phi) is 5.68. The van der Waals surface area contributed by atoms with Gasteiger partial charge in [0.1, 0.15) is 11.7 Å². The number of carbonyl (C=O) groups is 1. The minimum absolute atomic E-state index is 0.321. The SMILES string of the molecule is N#Cc1ccc(-c2ccc(OC(=O)C(c3ccccc3)c3ccccc3)cc2)cc1. The summed E-state index contributed by atoms with van der Waals surface area (Å²) in [4.78, 5) is 13.1. The molecule has 0 aliphatic rings. The highest BCUT2D eigenvalue weighted by Gasteiger charge is 2.24. The van der Waals surface area contributed by atoms with Gasteiger partial charge >= 0.3 is 5.97 Å². The van der Waals surface area contributed by atoms with Gasteiger partial charge in [0.15, 0.2) is 0 Å². The van der Waals surface area contributed by atoms with E-state index < -0.39 is 5.92 Å². The van der Waals surface area contributed by atoms with Crippen LogP contribution < -0.4 is 4.74 Å². The van der Waals surface area contributed by atoms with Crippen molar-refractivity contribution in [1.29, 1.82) is 5.26 Å². The van der Waals surface area contributed by atoms with Crippen LogP contribution in [-0.4, -0.2) is 5.97 Å². The second-order valence-corrected chi connectivity index (χ2v) is 6.89. The average molecular weight is 389 g/mol. The molecule has 0 bridgehead atoms. The standard InChI is InChI=1S/C27H19NO2/c28-19-20-11-13-21(14-12-20)22-15-17-25(18-16-22)30-27(29)26(23-7-3-1-4-8-23)24-9-5-2-6-10-24/h1-18,26H. The summed E-state index contributed by atoms with van der Waals surface area (Å²) in [5.41, 5.74) is 4.39. The minimum Gasteiger partial charge on any atom is -0.426 e. The molecule has 4 aromatic carbocycles. The molecule has 30 heavy (non-hydrogen) atoms. The number of nitrogens with zero attached hydrogens (tertiary/aromatic N) is 1. The zero-order valence-electron chi connectivity index (χ0n) is 16.2. The van der Waals surface area contributed by atoms with E-state index in [2.05, 4.69) is 6.07 Å². The lowest BCUT2D eigenvalue weighted by Gasteiger charge is -2.17. The van der Waals surface area contributed by atoms with Gasteiger partial charge in [-0.15, -0.1) is 0 Å². The summed E-state index contributed by atoms with van der Waals surface area (Å²) in [6.07, 6.45) is 0. The van der Waals surface area contributed by atoms with Crippen molar-refractivity contribution in [3.05, 3.63) is 126 Å². The van der Waals surface area contributed by atoms with Crippen molar-refractivity contribution in [2.45, 2.75) is 5.92 Å². The highest BCUT2D eigenvalue weighted by Crippen LogP contribution is 2.28. The molecule has 0 saturated carbocycles. The molecule has 4 aromatic rings. The number of rotatable bonds is 5. The maximum Gasteiger partial charge on any atom is 0.323 e. The smallest absolute Gasteiger partial charge is 0.323 e. The molecule has 0 amide bonds. The van der Waals surface area contributed by atoms with E-state index in [1.807, 2.05) is 84.9 Å². The number of esters is 1. The molecule has 0 radical (unpaired) electrons. The van der Waals surface area contributed by atoms with Crippen LogP contribution in [0.1, 0.15) is 22.6 Å². The van der Waals surface area contributed by atoms with Crippen LogP contribution in [0.3, 0.4) is 0 Å². The Balaban J connectivity index is 1.56. The second-order valence-electron chi connectivity index (χ2n) is 6.89. The van der Waals surface area contributed by atoms with Gasteiger partial charge in [-0.05, 0) is 46.5 Å². The van der Waals surface area contributed by atoms with Gasteiger partial charge in [-0.1, -0.05) is 84.9 Å². The van der Waals surface area contributed by atoms with E-state index in [1.165, 1.54) is 0 Å². The highest BCUT2D eigenvalue weighted by atomic mass is 16.5. The van der Waals surface area contributed by atoms with Crippen molar-refractivity contribution in [3.63, 3.8) is 0 Å². The molecule has 144 valence electrons. The third kappa shape index (κ3) is 4.29. The van der Waals surface area contributed by atoms with E-state index in [-0.39, 0.29) is 5.97 Å². The zero-order chi connectivity index (χ0) is 20.8. The Morgan fingerprint density at radius 2 is 1.13 bits per heavy atom. The molecule has 3 heteroatoms. The van der Waals surface area contributed by atoms with Crippen molar-refractivity contribution < 1.29 is 9.53 Å². The lowest BCUT2D eigenvalue weighted by atomic mass is 9.91. The van der Waals surface area contributed by atoms with Crippen LogP contribution in [-0.2, 0) is 4.79 Å². The number of carbonyl (C=O) groups excluding carboxylic acids is 1. The van der Waals surface area contributed by atoms with Gasteiger partial charge in [0, 0.05) is 0 Å². The lowest BCUT2D eigenvalue weighted by molar-refractivity contribution is -0.135. The normalized spacial score (nSPS) is 10.4. The number of hydrogen-bond donors (Lipinski definition) is 0. The largest absolute Gasteiger partial charge is 0.426 e. The molecular formula is C27H19NO2. The Labute approximate surface area is 175 Å². The number of benzene rings is 4. The summed E-state index contributed by atoms with van der Waals surface area (Å²) in [6, 6.07) is 36.2. The molecule has 0 aliphatic carbocycles. The van der Waals surface area contributed by atoms with Crippen molar-refractivity contribution in [3.8, 4) is 22.9 Å². The summed E-state index contributed by atoms with van der Waals surface area (Å²) in [5, 5.41) is 8.93. The fourth-order valence-corrected chi connectivity index (χ4v) is 3.38. The van der Waals surface area contributed by atoms with Crippen LogP contribution >= 0.6 is 0 Å². The molecule has 0 spiro atoms. The van der Waals surface area contributed by atoms with Crippen molar-refractivity contribution >= 4 is 5.97 Å². The highest BCUT2D eigenvalue weighted by molar-refractivity contribution is 5.84. The van der Waals surface area contributed by atoms with Crippen LogP contribution in [0.4, 0.5) is 0 Å². The zero-order valence-corrected chi connectivity index (χ0v) is 16.2. The average Bonchev–Trinajstić information content (AvgIpc) is 2.81. The van der Waals surface area contributed by atoms with E-state index in [0.717, 1.165) is 22.3 Å². The number of nitriles is 1. The molecule has 0 saturated heterocycles. The van der Waals surface area contributed by atoms with E-state index in [4.69, 9.17) is 10.00 Å². The van der Waals surface area contributed by atoms with Crippen molar-refractivity contribution in [1.82, 2.24) is 0 Å². The van der Waals surface area contributed by atoms with Crippen molar-refractivity contribution in [2.24, 2.45) is 0 Å². The van der Waals surface area contributed by atoms with Crippen LogP contribution in [0, 0.1) is 11.3 Å². The fraction of sp³-hybridized carbons (Fsp3) is 0.0370. The Bertz CT molecular complexity index is 1120. The second kappa shape index (κ2) is 8.89. The number of ether oxygens (including phenoxy) is 1. The summed E-state index contributed by atoms with van der Waals surface area (Å²) < 4.78 is 5.73. The van der Waals surface area contributed by atoms with Crippen LogP contribution in [0.15, 0.2) is 109 Å². The first kappa shape index (κ1) is 19.2. The van der Waals surface area contributed by atoms with Gasteiger partial charge in [0.05, 0.1) is 11.6 Å². The lowest BCUT2D eigenvalue weighted by Crippen LogP contribution is -2.20. The maximum atomic E-state index is 13.1. The third-order valence-electron chi connectivity index (χ3n) is 4.92. The third-order valence-corrected chi connectivity index (χ3v) is 4.92. The summed E-state index contributed by atoms with van der Waals surface area (Å²) in [7, 11) is 0. The van der Waals surface area contributed by atoms with Crippen LogP contribution in [0.2, 0.25) is 0 Å². The fourth-order valence-electron chi connectivity index (χ4n) is 3.38. The van der Waals surface area contributed by atoms with Gasteiger partial charge in [0.25, 0.3) is 0 Å². The molecule has 0 aromatic heterocycles. The van der Waals surface area contributed by atoms with Gasteiger partial charge in [-0.3, -0.25) is 4.79 Å². The molecular weight excluding hydrogens is 370 g/mol. The van der Waals surface area contributed by atoms with E-state index in [0.29, 0.717) is 11.3 Å². The van der Waals surface area contributed by atoms with E-state index in [9.17, 15) is 4.79 Å². The summed E-state index contributed by atoms with van der Waals surface area (Å²) in [6.45, 7) is 0. The summed E-state index contributed by atoms with van der Waals surface area (Å²) in [5.74, 6) is -0.321. The van der Waals surface area contributed by atoms with Crippen molar-refractivity contribution in [2.75, 3.05) is 0 Å². The topological polar surface area (TPSA) is 50.1 Å². The predicted molar refractivity (Wildman–Crippen MR) is 117 cm³/mol. The Morgan fingerprint density at radius 1 is 0.667 bits per heavy atom.